The van der Waals surface area contributed by atoms with Crippen molar-refractivity contribution in [1.82, 2.24) is 4.90 Å². The Morgan fingerprint density at radius 3 is 2.35 bits per heavy atom. The van der Waals surface area contributed by atoms with Gasteiger partial charge in [-0.2, -0.15) is 0 Å². The molecule has 1 atom stereocenters. The van der Waals surface area contributed by atoms with Crippen LogP contribution in [0.2, 0.25) is 0 Å². The average molecular weight is 234 g/mol. The molecule has 2 N–H and O–H groups in total. The highest BCUT2D eigenvalue weighted by Gasteiger charge is 2.30. The summed E-state index contributed by atoms with van der Waals surface area (Å²) in [6.07, 6.45) is 0.650. The molecule has 0 saturated carbocycles. The van der Waals surface area contributed by atoms with Crippen LogP contribution in [-0.4, -0.2) is 22.9 Å². The van der Waals surface area contributed by atoms with Gasteiger partial charge in [0.25, 0.3) is 0 Å². The summed E-state index contributed by atoms with van der Waals surface area (Å²) in [4.78, 5) is 14.0. The Balaban J connectivity index is 2.76. The van der Waals surface area contributed by atoms with E-state index in [1.54, 1.807) is 11.8 Å². The number of rotatable bonds is 5. The maximum Gasteiger partial charge on any atom is 0.242 e. The Morgan fingerprint density at radius 1 is 1.29 bits per heavy atom. The summed E-state index contributed by atoms with van der Waals surface area (Å²) in [6, 6.07) is 9.98. The second-order valence-corrected chi connectivity index (χ2v) is 4.58. The molecule has 0 bridgehead atoms. The summed E-state index contributed by atoms with van der Waals surface area (Å²) in [5, 5.41) is 0. The summed E-state index contributed by atoms with van der Waals surface area (Å²) < 4.78 is 0. The lowest BCUT2D eigenvalue weighted by atomic mass is 9.98. The van der Waals surface area contributed by atoms with Crippen LogP contribution in [0.1, 0.15) is 32.8 Å². The van der Waals surface area contributed by atoms with Crippen molar-refractivity contribution >= 4 is 5.91 Å². The predicted molar refractivity (Wildman–Crippen MR) is 70.4 cm³/mol. The van der Waals surface area contributed by atoms with Crippen LogP contribution in [0.15, 0.2) is 30.3 Å². The molecule has 94 valence electrons. The molecule has 17 heavy (non-hydrogen) atoms. The third kappa shape index (κ3) is 3.56. The summed E-state index contributed by atoms with van der Waals surface area (Å²) in [5.41, 5.74) is 6.37. The number of carbonyl (C=O) groups excluding carboxylic acids is 1. The molecule has 1 amide bonds. The number of nitrogens with two attached hydrogens (primary N) is 1. The maximum absolute atomic E-state index is 12.2. The SMILES string of the molecule is CCN(Cc1ccccc1)C(=O)C(C)(N)CC. The zero-order chi connectivity index (χ0) is 12.9. The van der Waals surface area contributed by atoms with E-state index < -0.39 is 5.54 Å². The first-order chi connectivity index (χ1) is 8.01. The van der Waals surface area contributed by atoms with Gasteiger partial charge in [-0.3, -0.25) is 4.79 Å². The van der Waals surface area contributed by atoms with E-state index in [4.69, 9.17) is 5.73 Å². The fourth-order valence-electron chi connectivity index (χ4n) is 1.64. The van der Waals surface area contributed by atoms with Crippen molar-refractivity contribution < 1.29 is 4.79 Å². The highest BCUT2D eigenvalue weighted by molar-refractivity contribution is 5.85. The normalized spacial score (nSPS) is 14.1. The molecule has 0 aromatic heterocycles. The molecule has 1 unspecified atom stereocenters. The van der Waals surface area contributed by atoms with Gasteiger partial charge < -0.3 is 10.6 Å². The zero-order valence-corrected chi connectivity index (χ0v) is 10.9. The highest BCUT2D eigenvalue weighted by atomic mass is 16.2. The number of hydrogen-bond acceptors (Lipinski definition) is 2. The topological polar surface area (TPSA) is 46.3 Å². The fourth-order valence-corrected chi connectivity index (χ4v) is 1.64. The van der Waals surface area contributed by atoms with Gasteiger partial charge in [-0.05, 0) is 25.8 Å². The van der Waals surface area contributed by atoms with Gasteiger partial charge in [0.15, 0.2) is 0 Å². The molecule has 0 spiro atoms. The molecule has 3 nitrogen and oxygen atoms in total. The number of hydrogen-bond donors (Lipinski definition) is 1. The standard InChI is InChI=1S/C14H22N2O/c1-4-14(3,15)13(17)16(5-2)11-12-9-7-6-8-10-12/h6-10H,4-5,11,15H2,1-3H3. The van der Waals surface area contributed by atoms with Crippen molar-refractivity contribution in [3.63, 3.8) is 0 Å². The summed E-state index contributed by atoms with van der Waals surface area (Å²) in [7, 11) is 0. The predicted octanol–water partition coefficient (Wildman–Crippen LogP) is 2.16. The van der Waals surface area contributed by atoms with Gasteiger partial charge in [0, 0.05) is 13.1 Å². The molecular formula is C14H22N2O. The van der Waals surface area contributed by atoms with E-state index in [1.807, 2.05) is 44.2 Å². The first kappa shape index (κ1) is 13.7. The average Bonchev–Trinajstić information content (AvgIpc) is 2.36. The third-order valence-electron chi connectivity index (χ3n) is 3.11. The third-order valence-corrected chi connectivity index (χ3v) is 3.11. The Kier molecular flexibility index (Phi) is 4.70. The summed E-state index contributed by atoms with van der Waals surface area (Å²) in [6.45, 7) is 7.02. The lowest BCUT2D eigenvalue weighted by molar-refractivity contribution is -0.136. The summed E-state index contributed by atoms with van der Waals surface area (Å²) >= 11 is 0. The van der Waals surface area contributed by atoms with Crippen molar-refractivity contribution in [2.24, 2.45) is 5.73 Å². The van der Waals surface area contributed by atoms with E-state index in [2.05, 4.69) is 0 Å². The van der Waals surface area contributed by atoms with Gasteiger partial charge in [0.2, 0.25) is 5.91 Å². The minimum Gasteiger partial charge on any atom is -0.337 e. The van der Waals surface area contributed by atoms with Gasteiger partial charge in [-0.1, -0.05) is 37.3 Å². The molecule has 1 rings (SSSR count). The molecule has 0 aliphatic carbocycles. The molecule has 0 aliphatic rings. The number of likely N-dealkylation sites (N-methyl/N-ethyl adjacent to an activating group) is 1. The number of amides is 1. The van der Waals surface area contributed by atoms with Crippen LogP contribution in [-0.2, 0) is 11.3 Å². The molecule has 0 fully saturated rings. The molecule has 1 aromatic carbocycles. The first-order valence-electron chi connectivity index (χ1n) is 6.13. The van der Waals surface area contributed by atoms with Gasteiger partial charge in [0.05, 0.1) is 5.54 Å². The van der Waals surface area contributed by atoms with Crippen molar-refractivity contribution in [2.75, 3.05) is 6.54 Å². The van der Waals surface area contributed by atoms with Crippen LogP contribution in [0.3, 0.4) is 0 Å². The van der Waals surface area contributed by atoms with E-state index in [0.29, 0.717) is 19.5 Å². The number of benzene rings is 1. The number of nitrogens with zero attached hydrogens (tertiary/aromatic N) is 1. The molecule has 0 heterocycles. The second kappa shape index (κ2) is 5.82. The Morgan fingerprint density at radius 2 is 1.88 bits per heavy atom. The second-order valence-electron chi connectivity index (χ2n) is 4.58. The molecule has 0 aliphatic heterocycles. The van der Waals surface area contributed by atoms with Crippen LogP contribution >= 0.6 is 0 Å². The van der Waals surface area contributed by atoms with Crippen molar-refractivity contribution in [2.45, 2.75) is 39.3 Å². The molecule has 0 radical (unpaired) electrons. The Bertz CT molecular complexity index is 360. The first-order valence-corrected chi connectivity index (χ1v) is 6.13. The zero-order valence-electron chi connectivity index (χ0n) is 10.9. The van der Waals surface area contributed by atoms with Gasteiger partial charge >= 0.3 is 0 Å². The van der Waals surface area contributed by atoms with E-state index in [9.17, 15) is 4.79 Å². The van der Waals surface area contributed by atoms with Gasteiger partial charge in [0.1, 0.15) is 0 Å². The molecule has 0 saturated heterocycles. The summed E-state index contributed by atoms with van der Waals surface area (Å²) in [5.74, 6) is 0.0198. The number of carbonyl (C=O) groups is 1. The molecule has 3 heteroatoms. The fraction of sp³-hybridized carbons (Fsp3) is 0.500. The lowest BCUT2D eigenvalue weighted by Crippen LogP contribution is -2.52. The smallest absolute Gasteiger partial charge is 0.242 e. The Labute approximate surface area is 104 Å². The quantitative estimate of drug-likeness (QED) is 0.848. The monoisotopic (exact) mass is 234 g/mol. The highest BCUT2D eigenvalue weighted by Crippen LogP contribution is 2.13. The van der Waals surface area contributed by atoms with Crippen LogP contribution in [0.25, 0.3) is 0 Å². The van der Waals surface area contributed by atoms with Gasteiger partial charge in [-0.25, -0.2) is 0 Å². The lowest BCUT2D eigenvalue weighted by Gasteiger charge is -2.30. The van der Waals surface area contributed by atoms with Crippen molar-refractivity contribution in [3.8, 4) is 0 Å². The van der Waals surface area contributed by atoms with E-state index in [0.717, 1.165) is 5.56 Å². The minimum absolute atomic E-state index is 0.0198. The van der Waals surface area contributed by atoms with Crippen molar-refractivity contribution in [1.29, 1.82) is 0 Å². The van der Waals surface area contributed by atoms with E-state index in [-0.39, 0.29) is 5.91 Å². The Hall–Kier alpha value is -1.35. The minimum atomic E-state index is -0.759. The molecule has 1 aromatic rings. The van der Waals surface area contributed by atoms with Crippen LogP contribution in [0.4, 0.5) is 0 Å². The van der Waals surface area contributed by atoms with Crippen LogP contribution in [0.5, 0.6) is 0 Å². The van der Waals surface area contributed by atoms with Crippen molar-refractivity contribution in [3.05, 3.63) is 35.9 Å². The maximum atomic E-state index is 12.2. The van der Waals surface area contributed by atoms with Crippen LogP contribution in [0, 0.1) is 0 Å². The van der Waals surface area contributed by atoms with Crippen LogP contribution < -0.4 is 5.73 Å². The van der Waals surface area contributed by atoms with E-state index in [1.165, 1.54) is 0 Å². The largest absolute Gasteiger partial charge is 0.337 e. The molecular weight excluding hydrogens is 212 g/mol. The van der Waals surface area contributed by atoms with E-state index >= 15 is 0 Å². The van der Waals surface area contributed by atoms with Gasteiger partial charge in [-0.15, -0.1) is 0 Å².